The predicted molar refractivity (Wildman–Crippen MR) is 190 cm³/mol. The molecule has 0 N–H and O–H groups in total. The van der Waals surface area contributed by atoms with Gasteiger partial charge in [-0.2, -0.15) is 15.5 Å². The quantitative estimate of drug-likeness (QED) is 0.190. The van der Waals surface area contributed by atoms with E-state index in [9.17, 15) is 10.1 Å². The van der Waals surface area contributed by atoms with Crippen LogP contribution in [-0.4, -0.2) is 69.6 Å². The number of benzene rings is 3. The van der Waals surface area contributed by atoms with Crippen LogP contribution in [0.2, 0.25) is 0 Å². The van der Waals surface area contributed by atoms with Crippen LogP contribution in [0.3, 0.4) is 0 Å². The molecule has 0 aliphatic carbocycles. The Kier molecular flexibility index (Phi) is 9.43. The summed E-state index contributed by atoms with van der Waals surface area (Å²) in [6, 6.07) is 26.0. The molecule has 258 valence electrons. The Morgan fingerprint density at radius 3 is 2.28 bits per heavy atom. The number of rotatable bonds is 11. The molecule has 0 saturated carbocycles. The second-order valence-corrected chi connectivity index (χ2v) is 12.9. The number of anilines is 2. The van der Waals surface area contributed by atoms with Gasteiger partial charge in [-0.25, -0.2) is 14.0 Å². The summed E-state index contributed by atoms with van der Waals surface area (Å²) >= 11 is 0. The normalized spacial score (nSPS) is 19.8. The highest BCUT2D eigenvalue weighted by molar-refractivity contribution is 5.55. The van der Waals surface area contributed by atoms with E-state index in [0.29, 0.717) is 25.3 Å². The van der Waals surface area contributed by atoms with Gasteiger partial charge in [0.1, 0.15) is 24.8 Å². The van der Waals surface area contributed by atoms with Gasteiger partial charge in [-0.1, -0.05) is 13.0 Å². The van der Waals surface area contributed by atoms with Gasteiger partial charge in [-0.15, -0.1) is 0 Å². The Morgan fingerprint density at radius 1 is 0.980 bits per heavy atom. The summed E-state index contributed by atoms with van der Waals surface area (Å²) in [4.78, 5) is 17.6. The van der Waals surface area contributed by atoms with Gasteiger partial charge in [0.05, 0.1) is 36.5 Å². The number of ether oxygens (including phenoxy) is 3. The van der Waals surface area contributed by atoms with Crippen molar-refractivity contribution < 1.29 is 14.2 Å². The number of piperazine rings is 1. The zero-order valence-corrected chi connectivity index (χ0v) is 28.7. The van der Waals surface area contributed by atoms with E-state index in [1.807, 2.05) is 69.4 Å². The highest BCUT2D eigenvalue weighted by Crippen LogP contribution is 2.38. The molecule has 2 saturated heterocycles. The molecule has 0 spiro atoms. The summed E-state index contributed by atoms with van der Waals surface area (Å²) in [6.07, 6.45) is 5.78. The van der Waals surface area contributed by atoms with Gasteiger partial charge in [-0.3, -0.25) is 4.68 Å². The summed E-state index contributed by atoms with van der Waals surface area (Å²) in [5.74, 6) is -0.271. The molecule has 0 radical (unpaired) electrons. The average molecular weight is 675 g/mol. The molecule has 12 nitrogen and oxygen atoms in total. The van der Waals surface area contributed by atoms with Crippen LogP contribution in [0.1, 0.15) is 43.0 Å². The first-order chi connectivity index (χ1) is 24.4. The molecule has 5 aromatic rings. The maximum Gasteiger partial charge on any atom is 0.350 e. The van der Waals surface area contributed by atoms with Crippen LogP contribution < -0.4 is 20.2 Å². The molecule has 2 aliphatic rings. The molecular formula is C38H42N8O4. The number of hydrogen-bond donors (Lipinski definition) is 0. The first kappa shape index (κ1) is 33.1. The molecule has 12 heteroatoms. The Morgan fingerprint density at radius 2 is 1.66 bits per heavy atom. The van der Waals surface area contributed by atoms with Gasteiger partial charge in [0, 0.05) is 55.5 Å². The van der Waals surface area contributed by atoms with Crippen molar-refractivity contribution in [2.24, 2.45) is 0 Å². The maximum atomic E-state index is 12.8. The smallest absolute Gasteiger partial charge is 0.350 e. The van der Waals surface area contributed by atoms with Crippen molar-refractivity contribution in [2.45, 2.75) is 51.7 Å². The zero-order valence-electron chi connectivity index (χ0n) is 28.7. The molecule has 0 bridgehead atoms. The Bertz CT molecular complexity index is 1990. The SMILES string of the molecule is CCC(C)n1ncn(-c2ccc(N3CCN(c4ccc(OC[C@@H]5CO[C@@](Cn6cccn6)(c6ccc(C#N)cc6C)O5)cc4)CC3)cc2)c1=O. The minimum absolute atomic E-state index is 0.0657. The van der Waals surface area contributed by atoms with Crippen LogP contribution in [0.5, 0.6) is 5.75 Å². The summed E-state index contributed by atoms with van der Waals surface area (Å²) in [7, 11) is 0. The van der Waals surface area contributed by atoms with E-state index < -0.39 is 5.79 Å². The lowest BCUT2D eigenvalue weighted by Gasteiger charge is -2.37. The molecule has 50 heavy (non-hydrogen) atoms. The monoisotopic (exact) mass is 674 g/mol. The van der Waals surface area contributed by atoms with Crippen LogP contribution in [0, 0.1) is 18.3 Å². The van der Waals surface area contributed by atoms with E-state index in [1.165, 1.54) is 0 Å². The fourth-order valence-corrected chi connectivity index (χ4v) is 6.68. The van der Waals surface area contributed by atoms with Gasteiger partial charge in [-0.05, 0) is 92.6 Å². The lowest BCUT2D eigenvalue weighted by molar-refractivity contribution is -0.191. The highest BCUT2D eigenvalue weighted by Gasteiger charge is 2.45. The van der Waals surface area contributed by atoms with E-state index in [0.717, 1.165) is 66.5 Å². The molecule has 7 rings (SSSR count). The molecule has 3 aromatic carbocycles. The lowest BCUT2D eigenvalue weighted by Crippen LogP contribution is -2.46. The molecule has 4 heterocycles. The zero-order chi connectivity index (χ0) is 34.7. The minimum atomic E-state index is -1.04. The van der Waals surface area contributed by atoms with E-state index >= 15 is 0 Å². The largest absolute Gasteiger partial charge is 0.491 e. The van der Waals surface area contributed by atoms with E-state index in [-0.39, 0.29) is 17.8 Å². The predicted octanol–water partition coefficient (Wildman–Crippen LogP) is 5.06. The average Bonchev–Trinajstić information content (AvgIpc) is 3.92. The van der Waals surface area contributed by atoms with Crippen molar-refractivity contribution in [3.05, 3.63) is 119 Å². The van der Waals surface area contributed by atoms with Crippen LogP contribution in [-0.2, 0) is 21.8 Å². The van der Waals surface area contributed by atoms with Gasteiger partial charge in [0.2, 0.25) is 5.79 Å². The third kappa shape index (κ3) is 6.75. The molecule has 2 fully saturated rings. The summed E-state index contributed by atoms with van der Waals surface area (Å²) in [6.45, 7) is 10.7. The topological polar surface area (TPSA) is 116 Å². The van der Waals surface area contributed by atoms with Crippen LogP contribution >= 0.6 is 0 Å². The molecular weight excluding hydrogens is 632 g/mol. The summed E-state index contributed by atoms with van der Waals surface area (Å²) < 4.78 is 24.1. The first-order valence-electron chi connectivity index (χ1n) is 17.2. The Labute approximate surface area is 291 Å². The first-order valence-corrected chi connectivity index (χ1v) is 17.2. The fraction of sp³-hybridized carbons (Fsp3) is 0.368. The van der Waals surface area contributed by atoms with Crippen LogP contribution in [0.15, 0.2) is 96.3 Å². The minimum Gasteiger partial charge on any atom is -0.491 e. The van der Waals surface area contributed by atoms with Crippen molar-refractivity contribution in [1.29, 1.82) is 5.26 Å². The second kappa shape index (κ2) is 14.2. The van der Waals surface area contributed by atoms with Crippen LogP contribution in [0.4, 0.5) is 11.4 Å². The third-order valence-corrected chi connectivity index (χ3v) is 9.67. The number of nitrogens with zero attached hydrogens (tertiary/aromatic N) is 8. The van der Waals surface area contributed by atoms with Gasteiger partial charge in [0.25, 0.3) is 0 Å². The molecule has 0 amide bonds. The summed E-state index contributed by atoms with van der Waals surface area (Å²) in [5.41, 5.74) is 5.38. The van der Waals surface area contributed by atoms with E-state index in [4.69, 9.17) is 14.2 Å². The summed E-state index contributed by atoms with van der Waals surface area (Å²) in [5, 5.41) is 18.0. The third-order valence-electron chi connectivity index (χ3n) is 9.67. The van der Waals surface area contributed by atoms with Crippen LogP contribution in [0.25, 0.3) is 5.69 Å². The number of hydrogen-bond acceptors (Lipinski definition) is 9. The van der Waals surface area contributed by atoms with E-state index in [2.05, 4.69) is 50.3 Å². The standard InChI is InChI=1S/C38H42N8O4/c1-4-29(3)46-37(47)45(27-41-46)33-9-7-31(8-10-33)42-18-20-43(21-19-42)32-11-13-34(14-12-32)48-24-35-25-49-38(50-35,26-44-17-5-16-40-44)36-15-6-30(23-39)22-28(36)2/h5-17,22,27,29,35H,4,18-21,24-26H2,1-3H3/t29?,35-,38-/m1/s1. The second-order valence-electron chi connectivity index (χ2n) is 12.9. The molecule has 2 aromatic heterocycles. The Hall–Kier alpha value is -5.38. The van der Waals surface area contributed by atoms with Crippen molar-refractivity contribution >= 4 is 11.4 Å². The molecule has 1 unspecified atom stereocenters. The highest BCUT2D eigenvalue weighted by atomic mass is 16.8. The van der Waals surface area contributed by atoms with Gasteiger partial charge >= 0.3 is 5.69 Å². The number of aromatic nitrogens is 5. The van der Waals surface area contributed by atoms with E-state index in [1.54, 1.807) is 32.5 Å². The number of aryl methyl sites for hydroxylation is 1. The lowest BCUT2D eigenvalue weighted by atomic mass is 9.98. The van der Waals surface area contributed by atoms with Crippen molar-refractivity contribution in [3.8, 4) is 17.5 Å². The molecule has 2 aliphatic heterocycles. The van der Waals surface area contributed by atoms with Crippen molar-refractivity contribution in [1.82, 2.24) is 24.1 Å². The van der Waals surface area contributed by atoms with Gasteiger partial charge < -0.3 is 24.0 Å². The van der Waals surface area contributed by atoms with Crippen molar-refractivity contribution in [2.75, 3.05) is 49.2 Å². The maximum absolute atomic E-state index is 12.8. The number of nitriles is 1. The fourth-order valence-electron chi connectivity index (χ4n) is 6.68. The molecule has 3 atom stereocenters. The Balaban J connectivity index is 0.929. The van der Waals surface area contributed by atoms with Gasteiger partial charge in [0.15, 0.2) is 0 Å². The van der Waals surface area contributed by atoms with Crippen molar-refractivity contribution in [3.63, 3.8) is 0 Å².